The van der Waals surface area contributed by atoms with Gasteiger partial charge in [0.1, 0.15) is 0 Å². The number of hydrogen-bond donors (Lipinski definition) is 2. The minimum absolute atomic E-state index is 0.329. The average molecular weight is 334 g/mol. The Morgan fingerprint density at radius 3 is 2.62 bits per heavy atom. The second-order valence-electron chi connectivity index (χ2n) is 3.83. The molecule has 0 heterocycles. The summed E-state index contributed by atoms with van der Waals surface area (Å²) in [5.74, 6) is 5.54. The molecule has 1 atom stereocenters. The molecule has 0 aliphatic rings. The molecule has 0 radical (unpaired) electrons. The van der Waals surface area contributed by atoms with Crippen LogP contribution >= 0.6 is 22.6 Å². The van der Waals surface area contributed by atoms with Crippen molar-refractivity contribution in [3.8, 4) is 0 Å². The molecule has 3 nitrogen and oxygen atoms in total. The van der Waals surface area contributed by atoms with E-state index in [1.165, 1.54) is 9.13 Å². The first-order chi connectivity index (χ1) is 7.76. The number of benzene rings is 1. The maximum atomic E-state index is 5.54. The molecule has 16 heavy (non-hydrogen) atoms. The number of ether oxygens (including phenoxy) is 1. The van der Waals surface area contributed by atoms with Gasteiger partial charge in [0, 0.05) is 23.3 Å². The van der Waals surface area contributed by atoms with Crippen molar-refractivity contribution in [3.05, 3.63) is 33.4 Å². The highest BCUT2D eigenvalue weighted by atomic mass is 127. The standard InChI is InChI=1S/C12H19IN2O/c1-16-8-2-3-12(15-14)9-10-4-6-11(13)7-5-10/h4-7,12,15H,2-3,8-9,14H2,1H3. The van der Waals surface area contributed by atoms with Crippen LogP contribution in [0.4, 0.5) is 0 Å². The lowest BCUT2D eigenvalue weighted by Gasteiger charge is -2.15. The molecule has 0 aliphatic carbocycles. The number of hydrogen-bond acceptors (Lipinski definition) is 3. The Bertz CT molecular complexity index is 290. The fourth-order valence-electron chi connectivity index (χ4n) is 1.62. The van der Waals surface area contributed by atoms with Gasteiger partial charge in [0.15, 0.2) is 0 Å². The van der Waals surface area contributed by atoms with E-state index in [0.717, 1.165) is 25.9 Å². The zero-order valence-electron chi connectivity index (χ0n) is 9.58. The summed E-state index contributed by atoms with van der Waals surface area (Å²) in [6.45, 7) is 0.796. The van der Waals surface area contributed by atoms with Crippen LogP contribution in [-0.4, -0.2) is 19.8 Å². The first kappa shape index (κ1) is 13.9. The number of nitrogens with two attached hydrogens (primary N) is 1. The molecule has 0 aliphatic heterocycles. The molecule has 1 unspecified atom stereocenters. The van der Waals surface area contributed by atoms with Crippen LogP contribution in [0.1, 0.15) is 18.4 Å². The van der Waals surface area contributed by atoms with Gasteiger partial charge in [-0.3, -0.25) is 11.3 Å². The lowest BCUT2D eigenvalue weighted by atomic mass is 10.0. The van der Waals surface area contributed by atoms with Gasteiger partial charge >= 0.3 is 0 Å². The molecular weight excluding hydrogens is 315 g/mol. The van der Waals surface area contributed by atoms with Crippen molar-refractivity contribution < 1.29 is 4.74 Å². The van der Waals surface area contributed by atoms with E-state index in [2.05, 4.69) is 52.3 Å². The van der Waals surface area contributed by atoms with Crippen LogP contribution in [0.25, 0.3) is 0 Å². The van der Waals surface area contributed by atoms with Crippen LogP contribution in [0, 0.1) is 3.57 Å². The van der Waals surface area contributed by atoms with Crippen molar-refractivity contribution in [3.63, 3.8) is 0 Å². The molecule has 0 aromatic heterocycles. The van der Waals surface area contributed by atoms with Crippen molar-refractivity contribution in [1.29, 1.82) is 0 Å². The van der Waals surface area contributed by atoms with Crippen molar-refractivity contribution in [1.82, 2.24) is 5.43 Å². The van der Waals surface area contributed by atoms with E-state index in [1.54, 1.807) is 7.11 Å². The summed E-state index contributed by atoms with van der Waals surface area (Å²) in [5.41, 5.74) is 4.19. The van der Waals surface area contributed by atoms with Crippen LogP contribution in [0.5, 0.6) is 0 Å². The van der Waals surface area contributed by atoms with Gasteiger partial charge in [-0.15, -0.1) is 0 Å². The Morgan fingerprint density at radius 2 is 2.06 bits per heavy atom. The fraction of sp³-hybridized carbons (Fsp3) is 0.500. The summed E-state index contributed by atoms with van der Waals surface area (Å²) >= 11 is 2.31. The SMILES string of the molecule is COCCCC(Cc1ccc(I)cc1)NN. The lowest BCUT2D eigenvalue weighted by Crippen LogP contribution is -2.36. The molecule has 0 spiro atoms. The zero-order valence-corrected chi connectivity index (χ0v) is 11.7. The molecule has 0 amide bonds. The van der Waals surface area contributed by atoms with Gasteiger partial charge in [-0.2, -0.15) is 0 Å². The Balaban J connectivity index is 2.40. The Kier molecular flexibility index (Phi) is 6.95. The van der Waals surface area contributed by atoms with E-state index < -0.39 is 0 Å². The Labute approximate surface area is 111 Å². The molecule has 3 N–H and O–H groups in total. The minimum Gasteiger partial charge on any atom is -0.385 e. The van der Waals surface area contributed by atoms with E-state index in [-0.39, 0.29) is 0 Å². The highest BCUT2D eigenvalue weighted by molar-refractivity contribution is 14.1. The third-order valence-electron chi connectivity index (χ3n) is 2.53. The topological polar surface area (TPSA) is 47.3 Å². The molecule has 1 rings (SSSR count). The number of halogens is 1. The predicted molar refractivity (Wildman–Crippen MR) is 75.1 cm³/mol. The van der Waals surface area contributed by atoms with E-state index in [1.807, 2.05) is 0 Å². The Hall–Kier alpha value is -0.170. The van der Waals surface area contributed by atoms with Gasteiger partial charge < -0.3 is 4.74 Å². The largest absolute Gasteiger partial charge is 0.385 e. The molecule has 0 fully saturated rings. The first-order valence-corrected chi connectivity index (χ1v) is 6.53. The molecule has 0 bridgehead atoms. The first-order valence-electron chi connectivity index (χ1n) is 5.45. The van der Waals surface area contributed by atoms with E-state index in [0.29, 0.717) is 6.04 Å². The fourth-order valence-corrected chi connectivity index (χ4v) is 1.98. The number of hydrazine groups is 1. The van der Waals surface area contributed by atoms with E-state index in [9.17, 15) is 0 Å². The van der Waals surface area contributed by atoms with Crippen molar-refractivity contribution >= 4 is 22.6 Å². The van der Waals surface area contributed by atoms with Crippen molar-refractivity contribution in [2.45, 2.75) is 25.3 Å². The van der Waals surface area contributed by atoms with Crippen molar-refractivity contribution in [2.24, 2.45) is 5.84 Å². The maximum Gasteiger partial charge on any atom is 0.0462 e. The second kappa shape index (κ2) is 8.00. The average Bonchev–Trinajstić information content (AvgIpc) is 2.31. The zero-order chi connectivity index (χ0) is 11.8. The van der Waals surface area contributed by atoms with Crippen LogP contribution in [0.15, 0.2) is 24.3 Å². The molecular formula is C12H19IN2O. The number of nitrogens with one attached hydrogen (secondary N) is 1. The molecule has 1 aromatic rings. The van der Waals surface area contributed by atoms with Gasteiger partial charge in [0.05, 0.1) is 0 Å². The summed E-state index contributed by atoms with van der Waals surface area (Å²) in [5, 5.41) is 0. The van der Waals surface area contributed by atoms with Crippen LogP contribution in [-0.2, 0) is 11.2 Å². The predicted octanol–water partition coefficient (Wildman–Crippen LogP) is 2.09. The van der Waals surface area contributed by atoms with E-state index in [4.69, 9.17) is 10.6 Å². The summed E-state index contributed by atoms with van der Waals surface area (Å²) in [6.07, 6.45) is 3.04. The summed E-state index contributed by atoms with van der Waals surface area (Å²) in [6, 6.07) is 8.89. The molecule has 1 aromatic carbocycles. The third kappa shape index (κ3) is 5.25. The van der Waals surface area contributed by atoms with Gasteiger partial charge in [-0.25, -0.2) is 0 Å². The van der Waals surface area contributed by atoms with Crippen LogP contribution in [0.2, 0.25) is 0 Å². The van der Waals surface area contributed by atoms with Gasteiger partial charge in [-0.05, 0) is 59.5 Å². The quantitative estimate of drug-likeness (QED) is 0.347. The maximum absolute atomic E-state index is 5.54. The molecule has 0 saturated carbocycles. The number of methoxy groups -OCH3 is 1. The minimum atomic E-state index is 0.329. The third-order valence-corrected chi connectivity index (χ3v) is 3.25. The number of rotatable bonds is 7. The van der Waals surface area contributed by atoms with Gasteiger partial charge in [0.2, 0.25) is 0 Å². The monoisotopic (exact) mass is 334 g/mol. The lowest BCUT2D eigenvalue weighted by molar-refractivity contribution is 0.188. The van der Waals surface area contributed by atoms with Gasteiger partial charge in [-0.1, -0.05) is 12.1 Å². The smallest absolute Gasteiger partial charge is 0.0462 e. The molecule has 0 saturated heterocycles. The van der Waals surface area contributed by atoms with E-state index >= 15 is 0 Å². The Morgan fingerprint density at radius 1 is 1.38 bits per heavy atom. The molecule has 4 heteroatoms. The van der Waals surface area contributed by atoms with Crippen LogP contribution < -0.4 is 11.3 Å². The summed E-state index contributed by atoms with van der Waals surface area (Å²) < 4.78 is 6.30. The summed E-state index contributed by atoms with van der Waals surface area (Å²) in [4.78, 5) is 0. The highest BCUT2D eigenvalue weighted by Crippen LogP contribution is 2.10. The summed E-state index contributed by atoms with van der Waals surface area (Å²) in [7, 11) is 1.73. The molecule has 90 valence electrons. The van der Waals surface area contributed by atoms with Crippen LogP contribution in [0.3, 0.4) is 0 Å². The second-order valence-corrected chi connectivity index (χ2v) is 5.07. The normalized spacial score (nSPS) is 12.7. The van der Waals surface area contributed by atoms with Gasteiger partial charge in [0.25, 0.3) is 0 Å². The van der Waals surface area contributed by atoms with Crippen molar-refractivity contribution in [2.75, 3.05) is 13.7 Å². The highest BCUT2D eigenvalue weighted by Gasteiger charge is 2.07.